The summed E-state index contributed by atoms with van der Waals surface area (Å²) in [6.07, 6.45) is 1.33. The fourth-order valence-electron chi connectivity index (χ4n) is 2.63. The average Bonchev–Trinajstić information content (AvgIpc) is 3.02. The summed E-state index contributed by atoms with van der Waals surface area (Å²) in [5.74, 6) is -0.630. The van der Waals surface area contributed by atoms with Gasteiger partial charge in [0.1, 0.15) is 6.04 Å². The summed E-state index contributed by atoms with van der Waals surface area (Å²) in [6.45, 7) is 4.35. The van der Waals surface area contributed by atoms with E-state index in [0.717, 1.165) is 18.4 Å². The molecule has 2 N–H and O–H groups in total. The van der Waals surface area contributed by atoms with E-state index in [-0.39, 0.29) is 23.3 Å². The van der Waals surface area contributed by atoms with Gasteiger partial charge in [0.25, 0.3) is 15.9 Å². The van der Waals surface area contributed by atoms with Crippen LogP contribution in [0.15, 0.2) is 29.2 Å². The first kappa shape index (κ1) is 21.5. The Morgan fingerprint density at radius 3 is 2.59 bits per heavy atom. The number of hydrogen-bond acceptors (Lipinski definition) is 6. The molecule has 2 amide bonds. The standard InChI is InChI=1S/C17H25N3O5S2/c1-3-4-9-25-17(22)20-11-13(26)10-15(20)16(21)18-19-27(23,24)14-7-5-12(2)6-8-14/h5-8,13,15,19,26H,3-4,9-11H2,1-2H3,(H,18,21)/t13-,15+/m1/s1. The largest absolute Gasteiger partial charge is 0.449 e. The maximum absolute atomic E-state index is 12.4. The van der Waals surface area contributed by atoms with Crippen molar-refractivity contribution >= 4 is 34.7 Å². The minimum Gasteiger partial charge on any atom is -0.449 e. The first-order valence-corrected chi connectivity index (χ1v) is 10.7. The number of sulfonamides is 1. The fourth-order valence-corrected chi connectivity index (χ4v) is 3.85. The van der Waals surface area contributed by atoms with Gasteiger partial charge in [0.05, 0.1) is 11.5 Å². The van der Waals surface area contributed by atoms with Gasteiger partial charge in [0.15, 0.2) is 0 Å². The molecule has 0 bridgehead atoms. The van der Waals surface area contributed by atoms with Crippen LogP contribution in [0.3, 0.4) is 0 Å². The van der Waals surface area contributed by atoms with Crippen LogP contribution in [-0.2, 0) is 19.6 Å². The Kier molecular flexibility index (Phi) is 7.51. The van der Waals surface area contributed by atoms with E-state index in [9.17, 15) is 18.0 Å². The van der Waals surface area contributed by atoms with Crippen molar-refractivity contribution < 1.29 is 22.7 Å². The third-order valence-corrected chi connectivity index (χ3v) is 5.82. The van der Waals surface area contributed by atoms with E-state index in [1.165, 1.54) is 17.0 Å². The molecule has 1 aliphatic heterocycles. The van der Waals surface area contributed by atoms with Crippen LogP contribution < -0.4 is 10.3 Å². The lowest BCUT2D eigenvalue weighted by atomic mass is 10.2. The minimum absolute atomic E-state index is 0.0303. The van der Waals surface area contributed by atoms with Gasteiger partial charge in [-0.2, -0.15) is 12.6 Å². The Bertz CT molecular complexity index is 767. The number of unbranched alkanes of at least 4 members (excludes halogenated alkanes) is 1. The molecule has 1 aromatic rings. The molecule has 0 aromatic heterocycles. The molecule has 0 radical (unpaired) electrons. The van der Waals surface area contributed by atoms with Gasteiger partial charge in [-0.15, -0.1) is 4.83 Å². The van der Waals surface area contributed by atoms with Gasteiger partial charge in [0, 0.05) is 11.8 Å². The molecule has 0 aliphatic carbocycles. The molecule has 27 heavy (non-hydrogen) atoms. The number of nitrogens with zero attached hydrogens (tertiary/aromatic N) is 1. The van der Waals surface area contributed by atoms with Gasteiger partial charge in [0.2, 0.25) is 0 Å². The summed E-state index contributed by atoms with van der Waals surface area (Å²) in [7, 11) is -3.91. The van der Waals surface area contributed by atoms with Crippen molar-refractivity contribution in [2.75, 3.05) is 13.2 Å². The number of aryl methyl sites for hydroxylation is 1. The van der Waals surface area contributed by atoms with Gasteiger partial charge in [-0.1, -0.05) is 31.0 Å². The third-order valence-electron chi connectivity index (χ3n) is 4.18. The molecule has 2 atom stereocenters. The molecule has 1 aromatic carbocycles. The summed E-state index contributed by atoms with van der Waals surface area (Å²) in [4.78, 5) is 28.0. The maximum Gasteiger partial charge on any atom is 0.410 e. The Labute approximate surface area is 165 Å². The fraction of sp³-hybridized carbons (Fsp3) is 0.529. The second kappa shape index (κ2) is 9.43. The SMILES string of the molecule is CCCCOC(=O)N1C[C@H](S)C[C@H]1C(=O)NNS(=O)(=O)c1ccc(C)cc1. The summed E-state index contributed by atoms with van der Waals surface area (Å²) >= 11 is 4.33. The molecular weight excluding hydrogens is 390 g/mol. The van der Waals surface area contributed by atoms with Crippen LogP contribution in [0.25, 0.3) is 0 Å². The average molecular weight is 416 g/mol. The number of carbonyl (C=O) groups is 2. The van der Waals surface area contributed by atoms with Crippen molar-refractivity contribution in [1.82, 2.24) is 15.2 Å². The lowest BCUT2D eigenvalue weighted by molar-refractivity contribution is -0.125. The first-order valence-electron chi connectivity index (χ1n) is 8.74. The highest BCUT2D eigenvalue weighted by molar-refractivity contribution is 7.89. The molecule has 1 saturated heterocycles. The van der Waals surface area contributed by atoms with E-state index in [1.54, 1.807) is 12.1 Å². The number of ether oxygens (including phenoxy) is 1. The van der Waals surface area contributed by atoms with Crippen molar-refractivity contribution in [3.63, 3.8) is 0 Å². The van der Waals surface area contributed by atoms with E-state index < -0.39 is 28.1 Å². The molecular formula is C17H25N3O5S2. The maximum atomic E-state index is 12.4. The number of benzene rings is 1. The highest BCUT2D eigenvalue weighted by atomic mass is 32.2. The van der Waals surface area contributed by atoms with E-state index >= 15 is 0 Å². The van der Waals surface area contributed by atoms with Crippen molar-refractivity contribution in [1.29, 1.82) is 0 Å². The van der Waals surface area contributed by atoms with Gasteiger partial charge in [-0.3, -0.25) is 15.1 Å². The number of hydrogen-bond donors (Lipinski definition) is 3. The first-order chi connectivity index (χ1) is 12.7. The van der Waals surface area contributed by atoms with Crippen LogP contribution >= 0.6 is 12.6 Å². The van der Waals surface area contributed by atoms with Gasteiger partial charge >= 0.3 is 6.09 Å². The van der Waals surface area contributed by atoms with Crippen LogP contribution in [0.1, 0.15) is 31.7 Å². The molecule has 0 saturated carbocycles. The number of carbonyl (C=O) groups excluding carboxylic acids is 2. The highest BCUT2D eigenvalue weighted by Gasteiger charge is 2.39. The van der Waals surface area contributed by atoms with Gasteiger partial charge in [-0.05, 0) is 31.9 Å². The second-order valence-corrected chi connectivity index (χ2v) is 8.85. The third kappa shape index (κ3) is 5.85. The molecule has 10 heteroatoms. The Morgan fingerprint density at radius 1 is 1.30 bits per heavy atom. The van der Waals surface area contributed by atoms with Gasteiger partial charge in [-0.25, -0.2) is 13.2 Å². The zero-order chi connectivity index (χ0) is 20.0. The zero-order valence-electron chi connectivity index (χ0n) is 15.3. The number of thiol groups is 1. The van der Waals surface area contributed by atoms with Crippen molar-refractivity contribution in [3.8, 4) is 0 Å². The number of amides is 2. The normalized spacial score (nSPS) is 19.7. The zero-order valence-corrected chi connectivity index (χ0v) is 17.1. The number of nitrogens with one attached hydrogen (secondary N) is 2. The van der Waals surface area contributed by atoms with Gasteiger partial charge < -0.3 is 4.74 Å². The van der Waals surface area contributed by atoms with E-state index in [4.69, 9.17) is 4.74 Å². The highest BCUT2D eigenvalue weighted by Crippen LogP contribution is 2.23. The smallest absolute Gasteiger partial charge is 0.410 e. The van der Waals surface area contributed by atoms with E-state index in [1.807, 2.05) is 13.8 Å². The minimum atomic E-state index is -3.91. The quantitative estimate of drug-likeness (QED) is 0.357. The van der Waals surface area contributed by atoms with Crippen molar-refractivity contribution in [3.05, 3.63) is 29.8 Å². The van der Waals surface area contributed by atoms with Crippen molar-refractivity contribution in [2.45, 2.75) is 49.3 Å². The summed E-state index contributed by atoms with van der Waals surface area (Å²) < 4.78 is 29.7. The Balaban J connectivity index is 1.98. The van der Waals surface area contributed by atoms with Crippen LogP contribution in [-0.4, -0.2) is 49.8 Å². The Hall–Kier alpha value is -1.78. The predicted molar refractivity (Wildman–Crippen MR) is 104 cm³/mol. The molecule has 150 valence electrons. The van der Waals surface area contributed by atoms with Crippen LogP contribution in [0.4, 0.5) is 4.79 Å². The van der Waals surface area contributed by atoms with Crippen LogP contribution in [0.2, 0.25) is 0 Å². The lowest BCUT2D eigenvalue weighted by Gasteiger charge is -2.23. The topological polar surface area (TPSA) is 105 Å². The molecule has 2 rings (SSSR count). The molecule has 0 spiro atoms. The number of hydrazine groups is 1. The molecule has 1 aliphatic rings. The number of rotatable bonds is 7. The molecule has 8 nitrogen and oxygen atoms in total. The van der Waals surface area contributed by atoms with E-state index in [2.05, 4.69) is 22.9 Å². The second-order valence-electron chi connectivity index (χ2n) is 6.43. The van der Waals surface area contributed by atoms with E-state index in [0.29, 0.717) is 6.42 Å². The molecule has 1 fully saturated rings. The Morgan fingerprint density at radius 2 is 1.96 bits per heavy atom. The van der Waals surface area contributed by atoms with Crippen LogP contribution in [0, 0.1) is 6.92 Å². The molecule has 0 unspecified atom stereocenters. The van der Waals surface area contributed by atoms with Crippen LogP contribution in [0.5, 0.6) is 0 Å². The predicted octanol–water partition coefficient (Wildman–Crippen LogP) is 1.61. The molecule has 1 heterocycles. The lowest BCUT2D eigenvalue weighted by Crippen LogP contribution is -2.51. The van der Waals surface area contributed by atoms with Crippen molar-refractivity contribution in [2.24, 2.45) is 0 Å². The number of likely N-dealkylation sites (tertiary alicyclic amines) is 1. The summed E-state index contributed by atoms with van der Waals surface area (Å²) in [5, 5.41) is -0.187. The monoisotopic (exact) mass is 415 g/mol. The summed E-state index contributed by atoms with van der Waals surface area (Å²) in [6, 6.07) is 5.36. The summed E-state index contributed by atoms with van der Waals surface area (Å²) in [5.41, 5.74) is 3.11.